The molecule has 0 bridgehead atoms. The molecular formula is C34H44F2N4O7. The average molecular weight is 659 g/mol. The largest absolute Gasteiger partial charge is 0.497 e. The Hall–Kier alpha value is -4.29. The summed E-state index contributed by atoms with van der Waals surface area (Å²) in [6.07, 6.45) is 1.89. The number of esters is 1. The number of fused-ring (bicyclic) bond motifs is 1. The number of rotatable bonds is 13. The summed E-state index contributed by atoms with van der Waals surface area (Å²) in [7, 11) is 2.67. The van der Waals surface area contributed by atoms with Crippen molar-refractivity contribution in [1.29, 1.82) is 0 Å². The molecule has 1 aliphatic carbocycles. The number of aromatic nitrogens is 2. The van der Waals surface area contributed by atoms with Crippen LogP contribution >= 0.6 is 0 Å². The van der Waals surface area contributed by atoms with Crippen molar-refractivity contribution in [3.63, 3.8) is 0 Å². The third kappa shape index (κ3) is 7.82. The topological polar surface area (TPSA) is 129 Å². The predicted molar refractivity (Wildman–Crippen MR) is 170 cm³/mol. The lowest BCUT2D eigenvalue weighted by molar-refractivity contribution is -0.154. The van der Waals surface area contributed by atoms with Crippen LogP contribution < -0.4 is 14.8 Å². The Labute approximate surface area is 273 Å². The van der Waals surface area contributed by atoms with E-state index in [1.807, 2.05) is 0 Å². The van der Waals surface area contributed by atoms with Gasteiger partial charge in [0.25, 0.3) is 5.92 Å². The van der Waals surface area contributed by atoms with E-state index in [2.05, 4.69) is 28.4 Å². The fraction of sp³-hybridized carbons (Fsp3) is 0.559. The normalized spacial score (nSPS) is 23.1. The van der Waals surface area contributed by atoms with Gasteiger partial charge in [0.15, 0.2) is 5.69 Å². The summed E-state index contributed by atoms with van der Waals surface area (Å²) in [4.78, 5) is 50.3. The predicted octanol–water partition coefficient (Wildman–Crippen LogP) is 5.57. The molecule has 2 amide bonds. The van der Waals surface area contributed by atoms with Crippen molar-refractivity contribution >= 4 is 29.0 Å². The number of benzene rings is 1. The number of alkyl carbamates (subject to hydrolysis) is 1. The molecule has 13 heteroatoms. The molecule has 11 nitrogen and oxygen atoms in total. The summed E-state index contributed by atoms with van der Waals surface area (Å²) < 4.78 is 53.0. The first kappa shape index (κ1) is 35.6. The second kappa shape index (κ2) is 14.2. The van der Waals surface area contributed by atoms with Gasteiger partial charge in [0.2, 0.25) is 11.8 Å². The minimum absolute atomic E-state index is 0.172. The Bertz CT molecular complexity index is 1510. The number of methoxy groups -OCH3 is 2. The van der Waals surface area contributed by atoms with E-state index in [1.165, 1.54) is 25.2 Å². The van der Waals surface area contributed by atoms with Crippen molar-refractivity contribution in [3.05, 3.63) is 49.2 Å². The number of likely N-dealkylation sites (tertiary alicyclic amines) is 1. The van der Waals surface area contributed by atoms with Gasteiger partial charge in [-0.25, -0.2) is 19.6 Å². The second-order valence-corrected chi connectivity index (χ2v) is 13.0. The van der Waals surface area contributed by atoms with E-state index in [0.717, 1.165) is 6.08 Å². The molecule has 1 saturated carbocycles. The van der Waals surface area contributed by atoms with Gasteiger partial charge in [-0.15, -0.1) is 13.2 Å². The van der Waals surface area contributed by atoms with Crippen molar-refractivity contribution in [2.24, 2.45) is 17.3 Å². The van der Waals surface area contributed by atoms with Crippen molar-refractivity contribution < 1.29 is 42.1 Å². The number of nitrogens with zero attached hydrogens (tertiary/aromatic N) is 3. The maximum absolute atomic E-state index is 15.5. The SMILES string of the molecule is C=CC[C@@H]1CC1OC(=O)N[C@H](C(=O)N1CC(Oc2nc3cc(OC)ccc3nc2C(F)(F)CC=C)[C@@H](CC)[C@H]1C(=O)OC)C(C)(C)C. The highest BCUT2D eigenvalue weighted by atomic mass is 19.3. The van der Waals surface area contributed by atoms with Crippen molar-refractivity contribution in [2.75, 3.05) is 20.8 Å². The van der Waals surface area contributed by atoms with Gasteiger partial charge in [-0.3, -0.25) is 4.79 Å². The van der Waals surface area contributed by atoms with E-state index >= 15 is 8.78 Å². The summed E-state index contributed by atoms with van der Waals surface area (Å²) in [6.45, 7) is 14.1. The van der Waals surface area contributed by atoms with E-state index in [4.69, 9.17) is 18.9 Å². The number of alkyl halides is 2. The molecule has 2 aliphatic rings. The maximum Gasteiger partial charge on any atom is 0.408 e. The molecule has 47 heavy (non-hydrogen) atoms. The first-order chi connectivity index (χ1) is 22.2. The molecule has 2 unspecified atom stereocenters. The number of carbonyl (C=O) groups is 3. The Morgan fingerprint density at radius 2 is 1.83 bits per heavy atom. The fourth-order valence-corrected chi connectivity index (χ4v) is 5.95. The molecule has 1 saturated heterocycles. The van der Waals surface area contributed by atoms with Crippen molar-refractivity contribution in [2.45, 2.75) is 83.6 Å². The van der Waals surface area contributed by atoms with Crippen LogP contribution in [0.4, 0.5) is 13.6 Å². The number of ether oxygens (including phenoxy) is 4. The first-order valence-electron chi connectivity index (χ1n) is 15.7. The Balaban J connectivity index is 1.69. The lowest BCUT2D eigenvalue weighted by Gasteiger charge is -2.35. The number of amides is 2. The lowest BCUT2D eigenvalue weighted by Crippen LogP contribution is -2.57. The lowest BCUT2D eigenvalue weighted by atomic mass is 9.85. The Morgan fingerprint density at radius 1 is 1.11 bits per heavy atom. The van der Waals surface area contributed by atoms with E-state index < -0.39 is 71.4 Å². The highest BCUT2D eigenvalue weighted by Crippen LogP contribution is 2.41. The monoisotopic (exact) mass is 658 g/mol. The van der Waals surface area contributed by atoms with Crippen LogP contribution in [0.2, 0.25) is 0 Å². The van der Waals surface area contributed by atoms with Crippen LogP contribution in [0, 0.1) is 17.3 Å². The van der Waals surface area contributed by atoms with Crippen LogP contribution in [-0.2, 0) is 25.0 Å². The molecule has 0 spiro atoms. The number of allylic oxidation sites excluding steroid dienone is 2. The molecule has 6 atom stereocenters. The minimum atomic E-state index is -3.48. The fourth-order valence-electron chi connectivity index (χ4n) is 5.95. The standard InChI is InChI=1S/C34H44F2N4O7/c1-9-12-19-16-24(19)47-32(43)39-28(33(4,5)6)30(41)40-18-25(21(11-3)26(40)31(42)45-8)46-29-27(34(35,36)15-10-2)37-22-14-13-20(44-7)17-23(22)38-29/h9-10,13-14,17,19,21,24-26,28H,1-2,11-12,15-16,18H2,3-8H3,(H,39,43)/t19-,21-,24?,25?,26+,28-/m1/s1. The number of hydrogen-bond acceptors (Lipinski definition) is 9. The molecule has 2 aromatic rings. The minimum Gasteiger partial charge on any atom is -0.497 e. The number of hydrogen-bond donors (Lipinski definition) is 1. The third-order valence-corrected chi connectivity index (χ3v) is 8.60. The number of halogens is 2. The summed E-state index contributed by atoms with van der Waals surface area (Å²) in [5, 5.41) is 2.70. The van der Waals surface area contributed by atoms with E-state index in [9.17, 15) is 14.4 Å². The molecule has 1 aromatic carbocycles. The van der Waals surface area contributed by atoms with Crippen LogP contribution in [0.25, 0.3) is 11.0 Å². The highest BCUT2D eigenvalue weighted by molar-refractivity contribution is 5.91. The van der Waals surface area contributed by atoms with Gasteiger partial charge in [0, 0.05) is 24.3 Å². The van der Waals surface area contributed by atoms with Gasteiger partial charge in [-0.05, 0) is 36.8 Å². The number of carbonyl (C=O) groups excluding carboxylic acids is 3. The summed E-state index contributed by atoms with van der Waals surface area (Å²) in [5.74, 6) is -5.24. The number of nitrogens with one attached hydrogen (secondary N) is 1. The van der Waals surface area contributed by atoms with Gasteiger partial charge >= 0.3 is 12.1 Å². The Morgan fingerprint density at radius 3 is 2.43 bits per heavy atom. The van der Waals surface area contributed by atoms with E-state index in [0.29, 0.717) is 25.0 Å². The zero-order valence-electron chi connectivity index (χ0n) is 27.8. The quantitative estimate of drug-likeness (QED) is 0.217. The van der Waals surface area contributed by atoms with Crippen molar-refractivity contribution in [3.8, 4) is 11.6 Å². The van der Waals surface area contributed by atoms with Crippen molar-refractivity contribution in [1.82, 2.24) is 20.2 Å². The van der Waals surface area contributed by atoms with Gasteiger partial charge in [0.1, 0.15) is 30.0 Å². The molecule has 1 N–H and O–H groups in total. The highest BCUT2D eigenvalue weighted by Gasteiger charge is 2.52. The van der Waals surface area contributed by atoms with Gasteiger partial charge in [-0.2, -0.15) is 8.78 Å². The molecular weight excluding hydrogens is 614 g/mol. The molecule has 2 fully saturated rings. The van der Waals surface area contributed by atoms with Crippen LogP contribution in [0.3, 0.4) is 0 Å². The van der Waals surface area contributed by atoms with Crippen LogP contribution in [-0.4, -0.2) is 77.9 Å². The van der Waals surface area contributed by atoms with Gasteiger partial charge < -0.3 is 29.2 Å². The maximum atomic E-state index is 15.5. The van der Waals surface area contributed by atoms with Gasteiger partial charge in [0.05, 0.1) is 31.8 Å². The van der Waals surface area contributed by atoms with Crippen LogP contribution in [0.5, 0.6) is 11.6 Å². The van der Waals surface area contributed by atoms with Crippen LogP contribution in [0.1, 0.15) is 59.1 Å². The summed E-state index contributed by atoms with van der Waals surface area (Å²) >= 11 is 0. The van der Waals surface area contributed by atoms with Crippen LogP contribution in [0.15, 0.2) is 43.5 Å². The molecule has 1 aliphatic heterocycles. The molecule has 1 aromatic heterocycles. The summed E-state index contributed by atoms with van der Waals surface area (Å²) in [6, 6.07) is 2.42. The molecule has 0 radical (unpaired) electrons. The smallest absolute Gasteiger partial charge is 0.408 e. The Kier molecular flexibility index (Phi) is 10.8. The van der Waals surface area contributed by atoms with E-state index in [-0.39, 0.29) is 29.6 Å². The zero-order valence-corrected chi connectivity index (χ0v) is 27.8. The van der Waals surface area contributed by atoms with E-state index in [1.54, 1.807) is 45.9 Å². The van der Waals surface area contributed by atoms with Gasteiger partial charge in [-0.1, -0.05) is 39.8 Å². The first-order valence-corrected chi connectivity index (χ1v) is 15.7. The molecule has 256 valence electrons. The second-order valence-electron chi connectivity index (χ2n) is 13.0. The summed E-state index contributed by atoms with van der Waals surface area (Å²) in [5.41, 5.74) is -1.05. The zero-order chi connectivity index (χ0) is 34.7. The molecule has 4 rings (SSSR count). The third-order valence-electron chi connectivity index (χ3n) is 8.60. The molecule has 2 heterocycles. The average Bonchev–Trinajstić information content (AvgIpc) is 3.64.